The van der Waals surface area contributed by atoms with Crippen LogP contribution in [0.4, 0.5) is 0 Å². The van der Waals surface area contributed by atoms with Crippen molar-refractivity contribution in [1.82, 2.24) is 15.1 Å². The summed E-state index contributed by atoms with van der Waals surface area (Å²) < 4.78 is 0. The van der Waals surface area contributed by atoms with Gasteiger partial charge in [-0.15, -0.1) is 0 Å². The van der Waals surface area contributed by atoms with Crippen LogP contribution in [0, 0.1) is 5.92 Å². The molecule has 1 atom stereocenters. The van der Waals surface area contributed by atoms with Gasteiger partial charge in [-0.05, 0) is 77.8 Å². The molecule has 2 heterocycles. The summed E-state index contributed by atoms with van der Waals surface area (Å²) in [5.74, 6) is 0.990. The summed E-state index contributed by atoms with van der Waals surface area (Å²) in [5.41, 5.74) is 0. The van der Waals surface area contributed by atoms with Crippen LogP contribution in [0.3, 0.4) is 0 Å². The van der Waals surface area contributed by atoms with Crippen molar-refractivity contribution in [2.75, 3.05) is 46.3 Å². The highest BCUT2D eigenvalue weighted by atomic mass is 15.2. The maximum Gasteiger partial charge on any atom is 0.0207 e. The number of nitrogens with zero attached hydrogens (tertiary/aromatic N) is 2. The van der Waals surface area contributed by atoms with Crippen molar-refractivity contribution in [3.8, 4) is 0 Å². The number of nitrogens with one attached hydrogen (secondary N) is 1. The average molecular weight is 253 g/mol. The van der Waals surface area contributed by atoms with Gasteiger partial charge in [0.25, 0.3) is 0 Å². The molecule has 1 N–H and O–H groups in total. The molecular weight excluding hydrogens is 222 g/mol. The number of rotatable bonds is 6. The number of likely N-dealkylation sites (tertiary alicyclic amines) is 2. The molecule has 2 saturated heterocycles. The van der Waals surface area contributed by atoms with E-state index in [4.69, 9.17) is 0 Å². The summed E-state index contributed by atoms with van der Waals surface area (Å²) in [4.78, 5) is 5.14. The van der Waals surface area contributed by atoms with Crippen LogP contribution in [-0.4, -0.2) is 62.2 Å². The summed E-state index contributed by atoms with van der Waals surface area (Å²) in [6.45, 7) is 9.99. The van der Waals surface area contributed by atoms with Gasteiger partial charge in [-0.3, -0.25) is 0 Å². The molecule has 0 radical (unpaired) electrons. The Morgan fingerprint density at radius 1 is 1.11 bits per heavy atom. The monoisotopic (exact) mass is 253 g/mol. The molecule has 1 unspecified atom stereocenters. The van der Waals surface area contributed by atoms with Crippen LogP contribution in [0.15, 0.2) is 0 Å². The van der Waals surface area contributed by atoms with Gasteiger partial charge in [0.15, 0.2) is 0 Å². The molecular formula is C15H31N3. The molecule has 18 heavy (non-hydrogen) atoms. The molecule has 0 aromatic carbocycles. The van der Waals surface area contributed by atoms with Gasteiger partial charge in [0.05, 0.1) is 0 Å². The van der Waals surface area contributed by atoms with Crippen LogP contribution in [0.2, 0.25) is 0 Å². The molecule has 106 valence electrons. The van der Waals surface area contributed by atoms with E-state index in [9.17, 15) is 0 Å². The number of piperidine rings is 1. The quantitative estimate of drug-likeness (QED) is 0.778. The first-order valence-corrected chi connectivity index (χ1v) is 7.92. The van der Waals surface area contributed by atoms with Crippen molar-refractivity contribution < 1.29 is 0 Å². The van der Waals surface area contributed by atoms with E-state index >= 15 is 0 Å². The van der Waals surface area contributed by atoms with Gasteiger partial charge >= 0.3 is 0 Å². The molecule has 2 aliphatic heterocycles. The fourth-order valence-electron chi connectivity index (χ4n) is 3.27. The topological polar surface area (TPSA) is 18.5 Å². The van der Waals surface area contributed by atoms with Crippen LogP contribution in [0.1, 0.15) is 39.0 Å². The lowest BCUT2D eigenvalue weighted by molar-refractivity contribution is 0.195. The van der Waals surface area contributed by atoms with E-state index in [-0.39, 0.29) is 0 Å². The third-order valence-electron chi connectivity index (χ3n) is 4.65. The first-order valence-electron chi connectivity index (χ1n) is 7.92. The second-order valence-corrected chi connectivity index (χ2v) is 6.28. The molecule has 0 aromatic rings. The van der Waals surface area contributed by atoms with Crippen LogP contribution in [0.5, 0.6) is 0 Å². The molecule has 0 aromatic heterocycles. The van der Waals surface area contributed by atoms with E-state index in [2.05, 4.69) is 29.1 Å². The normalized spacial score (nSPS) is 28.0. The van der Waals surface area contributed by atoms with Gasteiger partial charge in [0.1, 0.15) is 0 Å². The van der Waals surface area contributed by atoms with Gasteiger partial charge in [-0.2, -0.15) is 0 Å². The fraction of sp³-hybridized carbons (Fsp3) is 1.00. The zero-order valence-corrected chi connectivity index (χ0v) is 12.3. The third kappa shape index (κ3) is 4.52. The minimum Gasteiger partial charge on any atom is -0.313 e. The van der Waals surface area contributed by atoms with E-state index in [1.165, 1.54) is 71.4 Å². The lowest BCUT2D eigenvalue weighted by atomic mass is 9.94. The Balaban J connectivity index is 1.57. The SMILES string of the molecule is CCCNC1CCN(CCC2CCN(C)CC2)C1. The highest BCUT2D eigenvalue weighted by Gasteiger charge is 2.23. The molecule has 0 bridgehead atoms. The van der Waals surface area contributed by atoms with Crippen molar-refractivity contribution in [3.05, 3.63) is 0 Å². The summed E-state index contributed by atoms with van der Waals surface area (Å²) in [6.07, 6.45) is 6.87. The summed E-state index contributed by atoms with van der Waals surface area (Å²) >= 11 is 0. The second kappa shape index (κ2) is 7.46. The highest BCUT2D eigenvalue weighted by molar-refractivity contribution is 4.81. The van der Waals surface area contributed by atoms with E-state index in [0.29, 0.717) is 0 Å². The molecule has 3 nitrogen and oxygen atoms in total. The number of hydrogen-bond donors (Lipinski definition) is 1. The van der Waals surface area contributed by atoms with Gasteiger partial charge in [0.2, 0.25) is 0 Å². The minimum atomic E-state index is 0.766. The van der Waals surface area contributed by atoms with E-state index in [1.807, 2.05) is 0 Å². The smallest absolute Gasteiger partial charge is 0.0207 e. The van der Waals surface area contributed by atoms with E-state index < -0.39 is 0 Å². The van der Waals surface area contributed by atoms with E-state index in [1.54, 1.807) is 0 Å². The van der Waals surface area contributed by atoms with Crippen molar-refractivity contribution in [3.63, 3.8) is 0 Å². The Kier molecular flexibility index (Phi) is 5.93. The third-order valence-corrected chi connectivity index (χ3v) is 4.65. The maximum absolute atomic E-state index is 3.66. The second-order valence-electron chi connectivity index (χ2n) is 6.28. The van der Waals surface area contributed by atoms with Gasteiger partial charge in [0, 0.05) is 12.6 Å². The average Bonchev–Trinajstić information content (AvgIpc) is 2.84. The Morgan fingerprint density at radius 3 is 2.61 bits per heavy atom. The van der Waals surface area contributed by atoms with Gasteiger partial charge in [-0.25, -0.2) is 0 Å². The fourth-order valence-corrected chi connectivity index (χ4v) is 3.27. The predicted octanol–water partition coefficient (Wildman–Crippen LogP) is 1.79. The zero-order valence-electron chi connectivity index (χ0n) is 12.3. The lowest BCUT2D eigenvalue weighted by Crippen LogP contribution is -2.35. The molecule has 2 fully saturated rings. The molecule has 0 amide bonds. The first-order chi connectivity index (χ1) is 8.78. The van der Waals surface area contributed by atoms with Crippen molar-refractivity contribution in [2.24, 2.45) is 5.92 Å². The summed E-state index contributed by atoms with van der Waals surface area (Å²) in [6, 6.07) is 0.766. The van der Waals surface area contributed by atoms with Gasteiger partial charge in [-0.1, -0.05) is 6.92 Å². The van der Waals surface area contributed by atoms with Crippen molar-refractivity contribution in [2.45, 2.75) is 45.1 Å². The van der Waals surface area contributed by atoms with Crippen molar-refractivity contribution in [1.29, 1.82) is 0 Å². The van der Waals surface area contributed by atoms with Gasteiger partial charge < -0.3 is 15.1 Å². The van der Waals surface area contributed by atoms with Crippen molar-refractivity contribution >= 4 is 0 Å². The lowest BCUT2D eigenvalue weighted by Gasteiger charge is -2.30. The predicted molar refractivity (Wildman–Crippen MR) is 78.0 cm³/mol. The largest absolute Gasteiger partial charge is 0.313 e. The molecule has 2 rings (SSSR count). The first kappa shape index (κ1) is 14.3. The molecule has 0 saturated carbocycles. The van der Waals surface area contributed by atoms with Crippen LogP contribution in [-0.2, 0) is 0 Å². The summed E-state index contributed by atoms with van der Waals surface area (Å²) in [5, 5.41) is 3.66. The molecule has 0 spiro atoms. The Morgan fingerprint density at radius 2 is 1.89 bits per heavy atom. The van der Waals surface area contributed by atoms with Crippen LogP contribution in [0.25, 0.3) is 0 Å². The molecule has 2 aliphatic rings. The standard InChI is InChI=1S/C15H31N3/c1-3-8-16-15-7-12-18(13-15)11-6-14-4-9-17(2)10-5-14/h14-16H,3-13H2,1-2H3. The zero-order chi connectivity index (χ0) is 12.8. The molecule has 3 heteroatoms. The van der Waals surface area contributed by atoms with E-state index in [0.717, 1.165) is 12.0 Å². The Bertz CT molecular complexity index is 224. The number of hydrogen-bond acceptors (Lipinski definition) is 3. The highest BCUT2D eigenvalue weighted by Crippen LogP contribution is 2.21. The summed E-state index contributed by atoms with van der Waals surface area (Å²) in [7, 11) is 2.25. The Labute approximate surface area is 113 Å². The molecule has 0 aliphatic carbocycles. The van der Waals surface area contributed by atoms with Crippen LogP contribution >= 0.6 is 0 Å². The minimum absolute atomic E-state index is 0.766. The Hall–Kier alpha value is -0.120. The maximum atomic E-state index is 3.66. The van der Waals surface area contributed by atoms with Crippen LogP contribution < -0.4 is 5.32 Å².